The van der Waals surface area contributed by atoms with Gasteiger partial charge in [0.2, 0.25) is 0 Å². The van der Waals surface area contributed by atoms with Crippen LogP contribution < -0.4 is 15.6 Å². The van der Waals surface area contributed by atoms with E-state index in [9.17, 15) is 14.4 Å². The molecule has 0 spiro atoms. The molecule has 0 atom stereocenters. The molecule has 0 aliphatic carbocycles. The molecule has 1 amide bonds. The first kappa shape index (κ1) is 24.5. The van der Waals surface area contributed by atoms with E-state index in [0.717, 1.165) is 0 Å². The predicted octanol–water partition coefficient (Wildman–Crippen LogP) is 3.16. The van der Waals surface area contributed by atoms with Crippen LogP contribution in [0.5, 0.6) is 5.75 Å². The maximum absolute atomic E-state index is 13.2. The van der Waals surface area contributed by atoms with Crippen LogP contribution in [0.4, 0.5) is 0 Å². The summed E-state index contributed by atoms with van der Waals surface area (Å²) in [4.78, 5) is 42.9. The lowest BCUT2D eigenvalue weighted by molar-refractivity contribution is 0.0942. The van der Waals surface area contributed by atoms with Gasteiger partial charge in [0, 0.05) is 24.3 Å². The molecule has 1 N–H and O–H groups in total. The van der Waals surface area contributed by atoms with Gasteiger partial charge in [-0.3, -0.25) is 19.0 Å². The number of hydrogen-bond donors (Lipinski definition) is 1. The molecule has 0 fully saturated rings. The van der Waals surface area contributed by atoms with E-state index in [4.69, 9.17) is 9.47 Å². The number of methoxy groups -OCH3 is 2. The van der Waals surface area contributed by atoms with Crippen LogP contribution in [0, 0.1) is 0 Å². The first-order valence-electron chi connectivity index (χ1n) is 10.5. The average molecular weight is 470 g/mol. The van der Waals surface area contributed by atoms with Gasteiger partial charge in [0.15, 0.2) is 10.9 Å². The van der Waals surface area contributed by atoms with E-state index in [-0.39, 0.29) is 29.0 Å². The standard InChI is InChI=1S/C24H27N3O5S/c1-15(2)25-22(29)17-7-10-19-20(13-17)26-24(27(23(19)30)11-12-31-3)33-14-21(28)16-5-8-18(32-4)9-6-16/h5-10,13,15H,11-12,14H2,1-4H3,(H,25,29). The Morgan fingerprint density at radius 2 is 1.79 bits per heavy atom. The minimum absolute atomic E-state index is 0.0155. The lowest BCUT2D eigenvalue weighted by Crippen LogP contribution is -2.30. The van der Waals surface area contributed by atoms with Gasteiger partial charge in [0.05, 0.1) is 36.9 Å². The Labute approximate surface area is 196 Å². The Morgan fingerprint density at radius 3 is 2.42 bits per heavy atom. The fourth-order valence-corrected chi connectivity index (χ4v) is 4.09. The number of nitrogens with one attached hydrogen (secondary N) is 1. The van der Waals surface area contributed by atoms with Gasteiger partial charge in [-0.1, -0.05) is 11.8 Å². The van der Waals surface area contributed by atoms with Crippen molar-refractivity contribution in [1.29, 1.82) is 0 Å². The number of benzene rings is 2. The van der Waals surface area contributed by atoms with Gasteiger partial charge in [-0.15, -0.1) is 0 Å². The van der Waals surface area contributed by atoms with Crippen molar-refractivity contribution in [1.82, 2.24) is 14.9 Å². The van der Waals surface area contributed by atoms with Crippen LogP contribution in [-0.4, -0.2) is 53.9 Å². The quantitative estimate of drug-likeness (QED) is 0.277. The molecular formula is C24H27N3O5S. The van der Waals surface area contributed by atoms with Crippen molar-refractivity contribution in [2.24, 2.45) is 0 Å². The lowest BCUT2D eigenvalue weighted by Gasteiger charge is -2.13. The van der Waals surface area contributed by atoms with Crippen molar-refractivity contribution in [3.63, 3.8) is 0 Å². The zero-order valence-electron chi connectivity index (χ0n) is 19.1. The number of ether oxygens (including phenoxy) is 2. The number of aromatic nitrogens is 2. The van der Waals surface area contributed by atoms with Crippen LogP contribution in [0.15, 0.2) is 52.4 Å². The third-order valence-corrected chi connectivity index (χ3v) is 5.84. The van der Waals surface area contributed by atoms with Gasteiger partial charge in [0.25, 0.3) is 11.5 Å². The molecule has 0 radical (unpaired) electrons. The summed E-state index contributed by atoms with van der Waals surface area (Å²) in [5.41, 5.74) is 1.13. The summed E-state index contributed by atoms with van der Waals surface area (Å²) < 4.78 is 11.8. The second-order valence-corrected chi connectivity index (χ2v) is 8.59. The number of rotatable bonds is 10. The molecule has 33 heavy (non-hydrogen) atoms. The lowest BCUT2D eigenvalue weighted by atomic mass is 10.1. The van der Waals surface area contributed by atoms with Crippen LogP contribution in [0.25, 0.3) is 10.9 Å². The molecule has 0 aliphatic heterocycles. The summed E-state index contributed by atoms with van der Waals surface area (Å²) >= 11 is 1.18. The van der Waals surface area contributed by atoms with Crippen molar-refractivity contribution in [2.75, 3.05) is 26.6 Å². The van der Waals surface area contributed by atoms with E-state index in [2.05, 4.69) is 10.3 Å². The number of carbonyl (C=O) groups excluding carboxylic acids is 2. The average Bonchev–Trinajstić information content (AvgIpc) is 2.81. The molecular weight excluding hydrogens is 442 g/mol. The Balaban J connectivity index is 1.93. The monoisotopic (exact) mass is 469 g/mol. The molecule has 3 aromatic rings. The molecule has 0 unspecified atom stereocenters. The highest BCUT2D eigenvalue weighted by Gasteiger charge is 2.16. The van der Waals surface area contributed by atoms with E-state index < -0.39 is 0 Å². The fraction of sp³-hybridized carbons (Fsp3) is 0.333. The zero-order valence-corrected chi connectivity index (χ0v) is 19.9. The number of fused-ring (bicyclic) bond motifs is 1. The number of thioether (sulfide) groups is 1. The molecule has 1 heterocycles. The van der Waals surface area contributed by atoms with Crippen molar-refractivity contribution in [3.8, 4) is 5.75 Å². The number of amides is 1. The molecule has 0 saturated carbocycles. The highest BCUT2D eigenvalue weighted by Crippen LogP contribution is 2.21. The summed E-state index contributed by atoms with van der Waals surface area (Å²) in [6, 6.07) is 11.7. The maximum atomic E-state index is 13.2. The van der Waals surface area contributed by atoms with E-state index in [0.29, 0.717) is 46.1 Å². The molecule has 0 saturated heterocycles. The molecule has 8 nitrogen and oxygen atoms in total. The van der Waals surface area contributed by atoms with Crippen molar-refractivity contribution in [3.05, 3.63) is 63.9 Å². The topological polar surface area (TPSA) is 99.5 Å². The number of nitrogens with zero attached hydrogens (tertiary/aromatic N) is 2. The minimum atomic E-state index is -0.243. The van der Waals surface area contributed by atoms with E-state index in [1.165, 1.54) is 16.3 Å². The van der Waals surface area contributed by atoms with Gasteiger partial charge < -0.3 is 14.8 Å². The SMILES string of the molecule is COCCn1c(SCC(=O)c2ccc(OC)cc2)nc2cc(C(=O)NC(C)C)ccc2c1=O. The van der Waals surface area contributed by atoms with Crippen molar-refractivity contribution >= 4 is 34.4 Å². The van der Waals surface area contributed by atoms with E-state index in [1.54, 1.807) is 56.7 Å². The molecule has 3 rings (SSSR count). The van der Waals surface area contributed by atoms with Gasteiger partial charge >= 0.3 is 0 Å². The van der Waals surface area contributed by atoms with Gasteiger partial charge in [-0.05, 0) is 56.3 Å². The van der Waals surface area contributed by atoms with Crippen LogP contribution >= 0.6 is 11.8 Å². The van der Waals surface area contributed by atoms with E-state index >= 15 is 0 Å². The smallest absolute Gasteiger partial charge is 0.262 e. The fourth-order valence-electron chi connectivity index (χ4n) is 3.17. The third-order valence-electron chi connectivity index (χ3n) is 4.87. The zero-order chi connectivity index (χ0) is 24.0. The summed E-state index contributed by atoms with van der Waals surface area (Å²) in [7, 11) is 3.12. The van der Waals surface area contributed by atoms with Crippen LogP contribution in [0.2, 0.25) is 0 Å². The predicted molar refractivity (Wildman–Crippen MR) is 129 cm³/mol. The van der Waals surface area contributed by atoms with Gasteiger partial charge in [-0.2, -0.15) is 0 Å². The van der Waals surface area contributed by atoms with Crippen LogP contribution in [0.3, 0.4) is 0 Å². The Bertz CT molecular complexity index is 1210. The normalized spacial score (nSPS) is 11.1. The molecule has 9 heteroatoms. The first-order chi connectivity index (χ1) is 15.8. The number of hydrogen-bond acceptors (Lipinski definition) is 7. The van der Waals surface area contributed by atoms with Gasteiger partial charge in [0.1, 0.15) is 5.75 Å². The minimum Gasteiger partial charge on any atom is -0.497 e. The summed E-state index contributed by atoms with van der Waals surface area (Å²) in [6.07, 6.45) is 0. The second-order valence-electron chi connectivity index (χ2n) is 7.64. The second kappa shape index (κ2) is 11.1. The van der Waals surface area contributed by atoms with E-state index in [1.807, 2.05) is 13.8 Å². The van der Waals surface area contributed by atoms with Crippen LogP contribution in [0.1, 0.15) is 34.6 Å². The molecule has 0 aliphatic rings. The number of ketones is 1. The number of carbonyl (C=O) groups is 2. The summed E-state index contributed by atoms with van der Waals surface area (Å²) in [5.74, 6) is 0.438. The number of Topliss-reactive ketones (excluding diaryl/α,β-unsaturated/α-hetero) is 1. The highest BCUT2D eigenvalue weighted by atomic mass is 32.2. The highest BCUT2D eigenvalue weighted by molar-refractivity contribution is 7.99. The molecule has 2 aromatic carbocycles. The Morgan fingerprint density at radius 1 is 1.09 bits per heavy atom. The van der Waals surface area contributed by atoms with Crippen LogP contribution in [-0.2, 0) is 11.3 Å². The first-order valence-corrected chi connectivity index (χ1v) is 11.5. The molecule has 0 bridgehead atoms. The largest absolute Gasteiger partial charge is 0.497 e. The molecule has 1 aromatic heterocycles. The summed E-state index contributed by atoms with van der Waals surface area (Å²) in [6.45, 7) is 4.37. The van der Waals surface area contributed by atoms with Gasteiger partial charge in [-0.25, -0.2) is 4.98 Å². The maximum Gasteiger partial charge on any atom is 0.262 e. The van der Waals surface area contributed by atoms with Crippen molar-refractivity contribution < 1.29 is 19.1 Å². The Kier molecular flexibility index (Phi) is 8.24. The summed E-state index contributed by atoms with van der Waals surface area (Å²) in [5, 5.41) is 3.63. The molecule has 174 valence electrons. The van der Waals surface area contributed by atoms with Crippen molar-refractivity contribution in [2.45, 2.75) is 31.6 Å². The Hall–Kier alpha value is -3.17. The third kappa shape index (κ3) is 6.00.